The standard InChI is InChI=1S/C24H24N4O3/c1-17(19-7-3-2-4-8-19)25-24(30)16-31-23-12-11-18(13-14-29)15-22(23)28-26-20-9-5-6-10-21(20)27-28/h2-12,15,17,29H,13-14,16H2,1H3,(H,25,30). The molecule has 2 N–H and O–H groups in total. The molecule has 31 heavy (non-hydrogen) atoms. The average molecular weight is 416 g/mol. The van der Waals surface area contributed by atoms with Gasteiger partial charge in [-0.05, 0) is 48.7 Å². The summed E-state index contributed by atoms with van der Waals surface area (Å²) in [6.07, 6.45) is 0.503. The van der Waals surface area contributed by atoms with E-state index >= 15 is 0 Å². The molecule has 1 unspecified atom stereocenters. The quantitative estimate of drug-likeness (QED) is 0.460. The van der Waals surface area contributed by atoms with Crippen molar-refractivity contribution in [2.45, 2.75) is 19.4 Å². The van der Waals surface area contributed by atoms with E-state index < -0.39 is 0 Å². The van der Waals surface area contributed by atoms with Crippen molar-refractivity contribution in [1.82, 2.24) is 20.3 Å². The largest absolute Gasteiger partial charge is 0.481 e. The highest BCUT2D eigenvalue weighted by Crippen LogP contribution is 2.25. The minimum atomic E-state index is -0.222. The molecule has 3 aromatic carbocycles. The summed E-state index contributed by atoms with van der Waals surface area (Å²) in [4.78, 5) is 14.0. The van der Waals surface area contributed by atoms with E-state index in [0.717, 1.165) is 22.2 Å². The normalized spacial score (nSPS) is 11.9. The van der Waals surface area contributed by atoms with Crippen molar-refractivity contribution in [3.05, 3.63) is 83.9 Å². The van der Waals surface area contributed by atoms with Crippen LogP contribution in [0.5, 0.6) is 5.75 Å². The number of rotatable bonds is 8. The molecule has 0 saturated carbocycles. The lowest BCUT2D eigenvalue weighted by Crippen LogP contribution is -2.31. The first-order chi connectivity index (χ1) is 15.1. The van der Waals surface area contributed by atoms with Crippen molar-refractivity contribution in [3.8, 4) is 11.4 Å². The zero-order valence-corrected chi connectivity index (χ0v) is 17.2. The van der Waals surface area contributed by atoms with E-state index in [9.17, 15) is 9.90 Å². The van der Waals surface area contributed by atoms with Gasteiger partial charge in [0.15, 0.2) is 6.61 Å². The third-order valence-corrected chi connectivity index (χ3v) is 4.96. The van der Waals surface area contributed by atoms with Crippen LogP contribution in [0.1, 0.15) is 24.1 Å². The molecule has 0 aliphatic heterocycles. The maximum Gasteiger partial charge on any atom is 0.258 e. The summed E-state index contributed by atoms with van der Waals surface area (Å²) in [6.45, 7) is 1.83. The van der Waals surface area contributed by atoms with Gasteiger partial charge in [0.2, 0.25) is 0 Å². The number of nitrogens with zero attached hydrogens (tertiary/aromatic N) is 3. The number of hydrogen-bond acceptors (Lipinski definition) is 5. The molecule has 4 aromatic rings. The van der Waals surface area contributed by atoms with E-state index in [0.29, 0.717) is 17.9 Å². The summed E-state index contributed by atoms with van der Waals surface area (Å²) < 4.78 is 5.84. The molecule has 7 heteroatoms. The van der Waals surface area contributed by atoms with Crippen LogP contribution < -0.4 is 10.1 Å². The number of fused-ring (bicyclic) bond motifs is 1. The summed E-state index contributed by atoms with van der Waals surface area (Å²) in [7, 11) is 0. The van der Waals surface area contributed by atoms with Crippen LogP contribution in [0, 0.1) is 0 Å². The molecule has 0 fully saturated rings. The summed E-state index contributed by atoms with van der Waals surface area (Å²) >= 11 is 0. The molecular weight excluding hydrogens is 392 g/mol. The lowest BCUT2D eigenvalue weighted by molar-refractivity contribution is -0.123. The van der Waals surface area contributed by atoms with Gasteiger partial charge in [0.05, 0.1) is 6.04 Å². The highest BCUT2D eigenvalue weighted by atomic mass is 16.5. The molecule has 0 saturated heterocycles. The Kier molecular flexibility index (Phi) is 6.24. The highest BCUT2D eigenvalue weighted by molar-refractivity contribution is 5.78. The number of nitrogens with one attached hydrogen (secondary N) is 1. The topological polar surface area (TPSA) is 89.3 Å². The van der Waals surface area contributed by atoms with E-state index in [2.05, 4.69) is 15.5 Å². The molecule has 0 bridgehead atoms. The second-order valence-corrected chi connectivity index (χ2v) is 7.24. The molecule has 0 aliphatic carbocycles. The summed E-state index contributed by atoms with van der Waals surface area (Å²) in [6, 6.07) is 22.7. The van der Waals surface area contributed by atoms with Crippen LogP contribution in [0.15, 0.2) is 72.8 Å². The molecule has 0 spiro atoms. The monoisotopic (exact) mass is 416 g/mol. The molecule has 158 valence electrons. The number of ether oxygens (including phenoxy) is 1. The Bertz CT molecular complexity index is 1140. The Morgan fingerprint density at radius 1 is 1.03 bits per heavy atom. The average Bonchev–Trinajstić information content (AvgIpc) is 3.23. The Balaban J connectivity index is 1.53. The summed E-state index contributed by atoms with van der Waals surface area (Å²) in [5.74, 6) is 0.268. The number of hydrogen-bond donors (Lipinski definition) is 2. The predicted octanol–water partition coefficient (Wildman–Crippen LogP) is 3.21. The Labute approximate surface area is 180 Å². The highest BCUT2D eigenvalue weighted by Gasteiger charge is 2.14. The minimum absolute atomic E-state index is 0.0357. The molecule has 4 rings (SSSR count). The molecule has 0 aliphatic rings. The van der Waals surface area contributed by atoms with E-state index in [1.165, 1.54) is 4.80 Å². The van der Waals surface area contributed by atoms with Crippen LogP contribution in [-0.4, -0.2) is 39.2 Å². The smallest absolute Gasteiger partial charge is 0.258 e. The van der Waals surface area contributed by atoms with Crippen LogP contribution in [0.2, 0.25) is 0 Å². The van der Waals surface area contributed by atoms with Gasteiger partial charge < -0.3 is 15.2 Å². The van der Waals surface area contributed by atoms with Gasteiger partial charge in [-0.25, -0.2) is 0 Å². The predicted molar refractivity (Wildman–Crippen MR) is 118 cm³/mol. The number of carbonyl (C=O) groups excluding carboxylic acids is 1. The van der Waals surface area contributed by atoms with Crippen molar-refractivity contribution in [2.24, 2.45) is 0 Å². The third-order valence-electron chi connectivity index (χ3n) is 4.96. The van der Waals surface area contributed by atoms with Gasteiger partial charge in [0.25, 0.3) is 5.91 Å². The lowest BCUT2D eigenvalue weighted by Gasteiger charge is -2.16. The van der Waals surface area contributed by atoms with Crippen LogP contribution in [0.25, 0.3) is 16.7 Å². The molecule has 1 amide bonds. The lowest BCUT2D eigenvalue weighted by atomic mass is 10.1. The number of carbonyl (C=O) groups is 1. The number of aliphatic hydroxyl groups excluding tert-OH is 1. The summed E-state index contributed by atoms with van der Waals surface area (Å²) in [5, 5.41) is 21.3. The molecule has 0 radical (unpaired) electrons. The first-order valence-corrected chi connectivity index (χ1v) is 10.2. The summed E-state index contributed by atoms with van der Waals surface area (Å²) in [5.41, 5.74) is 4.09. The fraction of sp³-hybridized carbons (Fsp3) is 0.208. The van der Waals surface area contributed by atoms with Crippen LogP contribution in [0.4, 0.5) is 0 Å². The van der Waals surface area contributed by atoms with Gasteiger partial charge in [0, 0.05) is 6.61 Å². The van der Waals surface area contributed by atoms with Gasteiger partial charge >= 0.3 is 0 Å². The van der Waals surface area contributed by atoms with Crippen molar-refractivity contribution in [1.29, 1.82) is 0 Å². The number of benzene rings is 3. The maximum absolute atomic E-state index is 12.5. The van der Waals surface area contributed by atoms with Crippen molar-refractivity contribution in [3.63, 3.8) is 0 Å². The van der Waals surface area contributed by atoms with E-state index in [-0.39, 0.29) is 25.2 Å². The van der Waals surface area contributed by atoms with Crippen LogP contribution >= 0.6 is 0 Å². The molecule has 7 nitrogen and oxygen atoms in total. The van der Waals surface area contributed by atoms with E-state index in [1.54, 1.807) is 6.07 Å². The van der Waals surface area contributed by atoms with E-state index in [1.807, 2.05) is 73.7 Å². The number of aliphatic hydroxyl groups is 1. The Hall–Kier alpha value is -3.71. The van der Waals surface area contributed by atoms with Gasteiger partial charge in [-0.1, -0.05) is 48.5 Å². The SMILES string of the molecule is CC(NC(=O)COc1ccc(CCO)cc1-n1nc2ccccc2n1)c1ccccc1. The molecule has 1 atom stereocenters. The van der Waals surface area contributed by atoms with Crippen LogP contribution in [0.3, 0.4) is 0 Å². The number of aromatic nitrogens is 3. The second kappa shape index (κ2) is 9.40. The van der Waals surface area contributed by atoms with Crippen molar-refractivity contribution >= 4 is 16.9 Å². The molecule has 1 heterocycles. The zero-order valence-electron chi connectivity index (χ0n) is 17.2. The van der Waals surface area contributed by atoms with Gasteiger partial charge in [0.1, 0.15) is 22.5 Å². The third kappa shape index (κ3) is 4.90. The minimum Gasteiger partial charge on any atom is -0.481 e. The van der Waals surface area contributed by atoms with Crippen molar-refractivity contribution in [2.75, 3.05) is 13.2 Å². The van der Waals surface area contributed by atoms with E-state index in [4.69, 9.17) is 4.74 Å². The number of amides is 1. The van der Waals surface area contributed by atoms with Crippen LogP contribution in [-0.2, 0) is 11.2 Å². The maximum atomic E-state index is 12.5. The zero-order chi connectivity index (χ0) is 21.6. The second-order valence-electron chi connectivity index (χ2n) is 7.24. The Morgan fingerprint density at radius 2 is 1.71 bits per heavy atom. The van der Waals surface area contributed by atoms with Gasteiger partial charge in [-0.15, -0.1) is 15.0 Å². The first-order valence-electron chi connectivity index (χ1n) is 10.2. The molecular formula is C24H24N4O3. The fourth-order valence-electron chi connectivity index (χ4n) is 3.34. The Morgan fingerprint density at radius 3 is 2.39 bits per heavy atom. The van der Waals surface area contributed by atoms with Crippen molar-refractivity contribution < 1.29 is 14.6 Å². The first kappa shape index (κ1) is 20.6. The van der Waals surface area contributed by atoms with Gasteiger partial charge in [-0.3, -0.25) is 4.79 Å². The fourth-order valence-corrected chi connectivity index (χ4v) is 3.34. The van der Waals surface area contributed by atoms with Gasteiger partial charge in [-0.2, -0.15) is 0 Å². The molecule has 1 aromatic heterocycles.